The fraction of sp³-hybridized carbons (Fsp3) is 0.600. The lowest BCUT2D eigenvalue weighted by Crippen LogP contribution is -2.43. The number of amides is 2. The van der Waals surface area contributed by atoms with Crippen LogP contribution in [0.3, 0.4) is 0 Å². The number of carbonyl (C=O) groups excluding carboxylic acids is 2. The molecular formula is C20H26N2O4S. The van der Waals surface area contributed by atoms with Gasteiger partial charge < -0.3 is 9.80 Å². The van der Waals surface area contributed by atoms with Gasteiger partial charge in [-0.2, -0.15) is 0 Å². The van der Waals surface area contributed by atoms with Crippen molar-refractivity contribution in [1.82, 2.24) is 4.90 Å². The zero-order valence-electron chi connectivity index (χ0n) is 15.6. The molecule has 2 heterocycles. The summed E-state index contributed by atoms with van der Waals surface area (Å²) in [6.45, 7) is 3.07. The predicted molar refractivity (Wildman–Crippen MR) is 103 cm³/mol. The Morgan fingerprint density at radius 1 is 1.22 bits per heavy atom. The van der Waals surface area contributed by atoms with Crippen LogP contribution in [0.2, 0.25) is 0 Å². The summed E-state index contributed by atoms with van der Waals surface area (Å²) in [5.41, 5.74) is 2.16. The number of anilines is 1. The molecule has 7 heteroatoms. The fourth-order valence-electron chi connectivity index (χ4n) is 4.53. The zero-order valence-corrected chi connectivity index (χ0v) is 16.5. The molecule has 6 nitrogen and oxygen atoms in total. The van der Waals surface area contributed by atoms with Crippen molar-refractivity contribution in [1.29, 1.82) is 0 Å². The molecule has 0 N–H and O–H groups in total. The monoisotopic (exact) mass is 390 g/mol. The van der Waals surface area contributed by atoms with E-state index in [0.717, 1.165) is 18.5 Å². The third-order valence-corrected chi connectivity index (χ3v) is 7.82. The molecule has 0 aromatic heterocycles. The van der Waals surface area contributed by atoms with E-state index in [1.165, 1.54) is 5.56 Å². The van der Waals surface area contributed by atoms with Gasteiger partial charge in [0, 0.05) is 24.8 Å². The van der Waals surface area contributed by atoms with E-state index >= 15 is 0 Å². The third kappa shape index (κ3) is 3.49. The first-order chi connectivity index (χ1) is 12.9. The number of nitrogens with zero attached hydrogens (tertiary/aromatic N) is 2. The molecule has 0 spiro atoms. The molecule has 0 bridgehead atoms. The van der Waals surface area contributed by atoms with E-state index in [0.29, 0.717) is 25.9 Å². The van der Waals surface area contributed by atoms with Crippen molar-refractivity contribution in [3.63, 3.8) is 0 Å². The first-order valence-electron chi connectivity index (χ1n) is 9.81. The topological polar surface area (TPSA) is 74.8 Å². The van der Waals surface area contributed by atoms with Gasteiger partial charge in [-0.15, -0.1) is 0 Å². The van der Waals surface area contributed by atoms with E-state index in [-0.39, 0.29) is 41.2 Å². The second-order valence-electron chi connectivity index (χ2n) is 7.85. The Morgan fingerprint density at radius 2 is 2.00 bits per heavy atom. The van der Waals surface area contributed by atoms with E-state index in [1.54, 1.807) is 4.90 Å². The molecule has 1 aromatic rings. The Labute approximate surface area is 160 Å². The number of benzene rings is 1. The number of para-hydroxylation sites is 1. The number of fused-ring (bicyclic) bond motifs is 1. The molecule has 146 valence electrons. The Hall–Kier alpha value is -1.89. The Balaban J connectivity index is 1.45. The second kappa shape index (κ2) is 6.93. The molecular weight excluding hydrogens is 364 g/mol. The largest absolute Gasteiger partial charge is 0.339 e. The summed E-state index contributed by atoms with van der Waals surface area (Å²) < 4.78 is 23.5. The summed E-state index contributed by atoms with van der Waals surface area (Å²) >= 11 is 0. The molecule has 2 aliphatic heterocycles. The van der Waals surface area contributed by atoms with Crippen molar-refractivity contribution >= 4 is 27.3 Å². The summed E-state index contributed by atoms with van der Waals surface area (Å²) in [5, 5.41) is 0. The van der Waals surface area contributed by atoms with Crippen LogP contribution in [0.25, 0.3) is 0 Å². The van der Waals surface area contributed by atoms with Crippen LogP contribution >= 0.6 is 0 Å². The average Bonchev–Trinajstić information content (AvgIpc) is 3.38. The molecule has 3 unspecified atom stereocenters. The van der Waals surface area contributed by atoms with Crippen LogP contribution in [0.15, 0.2) is 24.3 Å². The third-order valence-electron chi connectivity index (χ3n) is 6.07. The van der Waals surface area contributed by atoms with Crippen LogP contribution < -0.4 is 4.90 Å². The molecule has 1 aliphatic carbocycles. The van der Waals surface area contributed by atoms with Crippen molar-refractivity contribution in [2.75, 3.05) is 29.5 Å². The molecule has 2 amide bonds. The maximum absolute atomic E-state index is 13.0. The van der Waals surface area contributed by atoms with Crippen LogP contribution in [0, 0.1) is 11.8 Å². The maximum Gasteiger partial charge on any atom is 0.230 e. The molecule has 1 saturated carbocycles. The van der Waals surface area contributed by atoms with Crippen molar-refractivity contribution < 1.29 is 18.0 Å². The number of hydrogen-bond donors (Lipinski definition) is 0. The highest BCUT2D eigenvalue weighted by Crippen LogP contribution is 2.43. The zero-order chi connectivity index (χ0) is 19.2. The molecule has 1 saturated heterocycles. The van der Waals surface area contributed by atoms with Gasteiger partial charge in [-0.05, 0) is 44.2 Å². The first kappa shape index (κ1) is 18.5. The molecule has 3 aliphatic rings. The van der Waals surface area contributed by atoms with Crippen LogP contribution in [0.1, 0.15) is 31.7 Å². The van der Waals surface area contributed by atoms with E-state index in [1.807, 2.05) is 30.0 Å². The second-order valence-corrected chi connectivity index (χ2v) is 10.1. The van der Waals surface area contributed by atoms with Crippen molar-refractivity contribution in [2.24, 2.45) is 11.8 Å². The fourth-order valence-corrected chi connectivity index (χ4v) is 6.26. The summed E-state index contributed by atoms with van der Waals surface area (Å²) in [6, 6.07) is 7.74. The summed E-state index contributed by atoms with van der Waals surface area (Å²) in [6.07, 6.45) is 3.00. The molecule has 0 radical (unpaired) electrons. The van der Waals surface area contributed by atoms with E-state index in [4.69, 9.17) is 0 Å². The predicted octanol–water partition coefficient (Wildman–Crippen LogP) is 1.64. The number of sulfone groups is 1. The molecule has 1 aromatic carbocycles. The van der Waals surface area contributed by atoms with E-state index < -0.39 is 9.84 Å². The van der Waals surface area contributed by atoms with Gasteiger partial charge in [-0.25, -0.2) is 8.42 Å². The quantitative estimate of drug-likeness (QED) is 0.783. The van der Waals surface area contributed by atoms with Gasteiger partial charge in [0.15, 0.2) is 9.84 Å². The highest BCUT2D eigenvalue weighted by molar-refractivity contribution is 7.91. The van der Waals surface area contributed by atoms with Gasteiger partial charge in [0.1, 0.15) is 0 Å². The lowest BCUT2D eigenvalue weighted by atomic mass is 10.0. The number of carbonyl (C=O) groups is 2. The minimum atomic E-state index is -3.04. The van der Waals surface area contributed by atoms with Crippen molar-refractivity contribution in [2.45, 2.75) is 38.6 Å². The Bertz CT molecular complexity index is 866. The van der Waals surface area contributed by atoms with Crippen LogP contribution in [-0.2, 0) is 25.8 Å². The summed E-state index contributed by atoms with van der Waals surface area (Å²) in [7, 11) is -3.04. The molecule has 3 atom stereocenters. The lowest BCUT2D eigenvalue weighted by molar-refractivity contribution is -0.135. The molecule has 4 rings (SSSR count). The maximum atomic E-state index is 13.0. The van der Waals surface area contributed by atoms with Gasteiger partial charge in [0.25, 0.3) is 0 Å². The molecule has 2 fully saturated rings. The van der Waals surface area contributed by atoms with Crippen molar-refractivity contribution in [3.05, 3.63) is 29.8 Å². The van der Waals surface area contributed by atoms with Crippen molar-refractivity contribution in [3.8, 4) is 0 Å². The lowest BCUT2D eigenvalue weighted by Gasteiger charge is -2.30. The minimum Gasteiger partial charge on any atom is -0.339 e. The first-order valence-corrected chi connectivity index (χ1v) is 11.6. The Kier molecular flexibility index (Phi) is 4.74. The van der Waals surface area contributed by atoms with Gasteiger partial charge in [-0.1, -0.05) is 18.2 Å². The minimum absolute atomic E-state index is 0.0376. The average molecular weight is 391 g/mol. The van der Waals surface area contributed by atoms with Gasteiger partial charge >= 0.3 is 0 Å². The van der Waals surface area contributed by atoms with Crippen LogP contribution in [0.4, 0.5) is 5.69 Å². The SMILES string of the molecule is CCN(C(=O)C1CC1C(=O)N1CCCc2ccccc21)C1CCS(=O)(=O)C1. The van der Waals surface area contributed by atoms with E-state index in [9.17, 15) is 18.0 Å². The van der Waals surface area contributed by atoms with Gasteiger partial charge in [0.2, 0.25) is 11.8 Å². The smallest absolute Gasteiger partial charge is 0.230 e. The van der Waals surface area contributed by atoms with Crippen LogP contribution in [-0.4, -0.2) is 55.8 Å². The highest BCUT2D eigenvalue weighted by atomic mass is 32.2. The number of hydrogen-bond acceptors (Lipinski definition) is 4. The van der Waals surface area contributed by atoms with Gasteiger partial charge in [-0.3, -0.25) is 9.59 Å². The standard InChI is InChI=1S/C20H26N2O4S/c1-2-21(15-9-11-27(25,26)13-15)19(23)16-12-17(16)20(24)22-10-5-7-14-6-3-4-8-18(14)22/h3-4,6,8,15-17H,2,5,7,9-13H2,1H3. The number of aryl methyl sites for hydroxylation is 1. The van der Waals surface area contributed by atoms with Gasteiger partial charge in [0.05, 0.1) is 23.3 Å². The highest BCUT2D eigenvalue weighted by Gasteiger charge is 2.52. The van der Waals surface area contributed by atoms with E-state index in [2.05, 4.69) is 6.07 Å². The number of rotatable bonds is 4. The summed E-state index contributed by atoms with van der Waals surface area (Å²) in [5.74, 6) is -0.374. The summed E-state index contributed by atoms with van der Waals surface area (Å²) in [4.78, 5) is 29.5. The molecule has 27 heavy (non-hydrogen) atoms. The normalized spacial score (nSPS) is 28.5. The van der Waals surface area contributed by atoms with Crippen LogP contribution in [0.5, 0.6) is 0 Å². The Morgan fingerprint density at radius 3 is 2.70 bits per heavy atom.